The van der Waals surface area contributed by atoms with Gasteiger partial charge in [0, 0.05) is 40.2 Å². The van der Waals surface area contributed by atoms with Gasteiger partial charge in [-0.15, -0.1) is 11.3 Å². The first-order valence-electron chi connectivity index (χ1n) is 9.08. The minimum Gasteiger partial charge on any atom is -0.496 e. The number of fused-ring (bicyclic) bond motifs is 1. The van der Waals surface area contributed by atoms with Crippen LogP contribution in [0.2, 0.25) is 0 Å². The van der Waals surface area contributed by atoms with Crippen LogP contribution in [-0.2, 0) is 11.3 Å². The predicted octanol–water partition coefficient (Wildman–Crippen LogP) is 4.63. The summed E-state index contributed by atoms with van der Waals surface area (Å²) in [5.74, 6) is 0.486. The van der Waals surface area contributed by atoms with Crippen molar-refractivity contribution in [2.24, 2.45) is 0 Å². The maximum absolute atomic E-state index is 12.5. The highest BCUT2D eigenvalue weighted by Crippen LogP contribution is 2.33. The Morgan fingerprint density at radius 3 is 2.87 bits per heavy atom. The van der Waals surface area contributed by atoms with Gasteiger partial charge in [-0.05, 0) is 31.2 Å². The van der Waals surface area contributed by atoms with Gasteiger partial charge in [-0.25, -0.2) is 4.98 Å². The van der Waals surface area contributed by atoms with Gasteiger partial charge in [0.15, 0.2) is 5.13 Å². The van der Waals surface area contributed by atoms with Crippen LogP contribution in [0.5, 0.6) is 5.75 Å². The fraction of sp³-hybridized carbons (Fsp3) is 0.143. The summed E-state index contributed by atoms with van der Waals surface area (Å²) in [5.41, 5.74) is 3.46. The zero-order valence-corrected chi connectivity index (χ0v) is 17.1. The maximum Gasteiger partial charge on any atom is 0.270 e. The van der Waals surface area contributed by atoms with Gasteiger partial charge in [-0.1, -0.05) is 11.6 Å². The lowest BCUT2D eigenvalue weighted by Gasteiger charge is -2.07. The van der Waals surface area contributed by atoms with Gasteiger partial charge in [0.1, 0.15) is 12.3 Å². The fourth-order valence-corrected chi connectivity index (χ4v) is 3.96. The number of non-ortho nitro benzene ring substituents is 1. The van der Waals surface area contributed by atoms with Gasteiger partial charge >= 0.3 is 0 Å². The summed E-state index contributed by atoms with van der Waals surface area (Å²) >= 11 is 1.34. The number of aryl methyl sites for hydroxylation is 1. The van der Waals surface area contributed by atoms with Gasteiger partial charge in [0.25, 0.3) is 5.69 Å². The first-order chi connectivity index (χ1) is 14.4. The van der Waals surface area contributed by atoms with Crippen LogP contribution in [0.1, 0.15) is 5.56 Å². The highest BCUT2D eigenvalue weighted by Gasteiger charge is 2.14. The molecule has 2 aromatic carbocycles. The normalized spacial score (nSPS) is 10.9. The van der Waals surface area contributed by atoms with Crippen LogP contribution in [0.3, 0.4) is 0 Å². The van der Waals surface area contributed by atoms with E-state index in [2.05, 4.69) is 10.3 Å². The highest BCUT2D eigenvalue weighted by atomic mass is 32.1. The smallest absolute Gasteiger partial charge is 0.270 e. The van der Waals surface area contributed by atoms with Crippen LogP contribution in [0.15, 0.2) is 54.0 Å². The van der Waals surface area contributed by atoms with E-state index in [9.17, 15) is 14.9 Å². The topological polar surface area (TPSA) is 99.3 Å². The molecular formula is C21H18N4O4S. The number of nitro groups is 1. The third-order valence-corrected chi connectivity index (χ3v) is 5.42. The Kier molecular flexibility index (Phi) is 5.20. The number of hydrogen-bond acceptors (Lipinski definition) is 6. The van der Waals surface area contributed by atoms with E-state index < -0.39 is 4.92 Å². The maximum atomic E-state index is 12.5. The number of methoxy groups -OCH3 is 1. The number of nitrogens with one attached hydrogen (secondary N) is 1. The van der Waals surface area contributed by atoms with Gasteiger partial charge in [0.05, 0.1) is 17.7 Å². The van der Waals surface area contributed by atoms with E-state index in [4.69, 9.17) is 4.74 Å². The predicted molar refractivity (Wildman–Crippen MR) is 116 cm³/mol. The second-order valence-corrected chi connectivity index (χ2v) is 7.59. The van der Waals surface area contributed by atoms with Crippen molar-refractivity contribution >= 4 is 39.0 Å². The summed E-state index contributed by atoms with van der Waals surface area (Å²) in [6.45, 7) is 2.07. The van der Waals surface area contributed by atoms with Crippen molar-refractivity contribution < 1.29 is 14.5 Å². The largest absolute Gasteiger partial charge is 0.496 e. The standard InChI is InChI=1S/C21H18N4O4S/c1-13-3-6-19(29-2)16(9-13)17-12-30-21(22-17)23-20(26)11-24-8-7-14-10-15(25(27)28)4-5-18(14)24/h3-10,12H,11H2,1-2H3,(H,22,23,26). The third-order valence-electron chi connectivity index (χ3n) is 4.66. The quantitative estimate of drug-likeness (QED) is 0.361. The molecule has 152 valence electrons. The number of anilines is 1. The van der Waals surface area contributed by atoms with E-state index in [0.29, 0.717) is 10.5 Å². The molecule has 0 bridgehead atoms. The first-order valence-corrected chi connectivity index (χ1v) is 9.96. The lowest BCUT2D eigenvalue weighted by Crippen LogP contribution is -2.18. The van der Waals surface area contributed by atoms with Crippen LogP contribution in [0, 0.1) is 17.0 Å². The average molecular weight is 422 g/mol. The third kappa shape index (κ3) is 3.87. The molecule has 30 heavy (non-hydrogen) atoms. The molecule has 0 aliphatic heterocycles. The zero-order chi connectivity index (χ0) is 21.3. The second kappa shape index (κ2) is 7.96. The van der Waals surface area contributed by atoms with E-state index in [1.807, 2.05) is 30.5 Å². The Balaban J connectivity index is 1.50. The molecule has 4 rings (SSSR count). The summed E-state index contributed by atoms with van der Waals surface area (Å²) in [4.78, 5) is 27.5. The van der Waals surface area contributed by atoms with E-state index in [1.165, 1.54) is 23.5 Å². The molecule has 0 unspecified atom stereocenters. The van der Waals surface area contributed by atoms with Crippen molar-refractivity contribution in [3.63, 3.8) is 0 Å². The summed E-state index contributed by atoms with van der Waals surface area (Å²) in [6, 6.07) is 12.2. The average Bonchev–Trinajstić information content (AvgIpc) is 3.34. The van der Waals surface area contributed by atoms with Crippen LogP contribution in [-0.4, -0.2) is 27.5 Å². The molecule has 0 spiro atoms. The second-order valence-electron chi connectivity index (χ2n) is 6.73. The Bertz CT molecular complexity index is 1260. The molecule has 1 N–H and O–H groups in total. The van der Waals surface area contributed by atoms with E-state index >= 15 is 0 Å². The summed E-state index contributed by atoms with van der Waals surface area (Å²) < 4.78 is 7.15. The molecule has 2 aromatic heterocycles. The number of ether oxygens (including phenoxy) is 1. The number of nitrogens with zero attached hydrogens (tertiary/aromatic N) is 3. The van der Waals surface area contributed by atoms with E-state index in [-0.39, 0.29) is 18.1 Å². The van der Waals surface area contributed by atoms with Crippen LogP contribution >= 0.6 is 11.3 Å². The number of nitro benzene ring substituents is 1. The summed E-state index contributed by atoms with van der Waals surface area (Å²) in [5, 5.41) is 16.8. The molecule has 0 atom stereocenters. The van der Waals surface area contributed by atoms with Crippen molar-refractivity contribution in [3.05, 3.63) is 69.7 Å². The number of amides is 1. The molecule has 1 amide bonds. The molecule has 0 aliphatic carbocycles. The lowest BCUT2D eigenvalue weighted by atomic mass is 10.1. The van der Waals surface area contributed by atoms with Gasteiger partial charge in [-0.3, -0.25) is 14.9 Å². The minimum absolute atomic E-state index is 0.0200. The first kappa shape index (κ1) is 19.6. The lowest BCUT2D eigenvalue weighted by molar-refractivity contribution is -0.384. The summed E-state index contributed by atoms with van der Waals surface area (Å²) in [7, 11) is 1.61. The highest BCUT2D eigenvalue weighted by molar-refractivity contribution is 7.14. The number of rotatable bonds is 6. The molecule has 8 nitrogen and oxygen atoms in total. The van der Waals surface area contributed by atoms with E-state index in [1.54, 1.807) is 30.0 Å². The fourth-order valence-electron chi connectivity index (χ4n) is 3.23. The van der Waals surface area contributed by atoms with Gasteiger partial charge in [0.2, 0.25) is 5.91 Å². The molecule has 0 fully saturated rings. The Hall–Kier alpha value is -3.72. The van der Waals surface area contributed by atoms with Crippen molar-refractivity contribution in [2.45, 2.75) is 13.5 Å². The van der Waals surface area contributed by atoms with Gasteiger partial charge in [-0.2, -0.15) is 0 Å². The van der Waals surface area contributed by atoms with Gasteiger partial charge < -0.3 is 14.6 Å². The molecule has 4 aromatic rings. The number of benzene rings is 2. The van der Waals surface area contributed by atoms with Crippen molar-refractivity contribution in [1.82, 2.24) is 9.55 Å². The molecule has 0 saturated heterocycles. The summed E-state index contributed by atoms with van der Waals surface area (Å²) in [6.07, 6.45) is 1.73. The Morgan fingerprint density at radius 2 is 2.10 bits per heavy atom. The molecule has 9 heteroatoms. The monoisotopic (exact) mass is 422 g/mol. The molecule has 0 radical (unpaired) electrons. The Morgan fingerprint density at radius 1 is 1.27 bits per heavy atom. The number of hydrogen-bond donors (Lipinski definition) is 1. The zero-order valence-electron chi connectivity index (χ0n) is 16.3. The van der Waals surface area contributed by atoms with E-state index in [0.717, 1.165) is 28.1 Å². The van der Waals surface area contributed by atoms with Crippen LogP contribution < -0.4 is 10.1 Å². The van der Waals surface area contributed by atoms with Crippen molar-refractivity contribution in [2.75, 3.05) is 12.4 Å². The molecule has 2 heterocycles. The molecule has 0 saturated carbocycles. The van der Waals surface area contributed by atoms with Crippen molar-refractivity contribution in [3.8, 4) is 17.0 Å². The number of carbonyl (C=O) groups is 1. The van der Waals surface area contributed by atoms with Crippen LogP contribution in [0.25, 0.3) is 22.2 Å². The molecule has 0 aliphatic rings. The number of thiazole rings is 1. The van der Waals surface area contributed by atoms with Crippen molar-refractivity contribution in [1.29, 1.82) is 0 Å². The number of carbonyl (C=O) groups excluding carboxylic acids is 1. The number of aromatic nitrogens is 2. The van der Waals surface area contributed by atoms with Crippen LogP contribution in [0.4, 0.5) is 10.8 Å². The Labute approximate surface area is 175 Å². The minimum atomic E-state index is -0.438. The SMILES string of the molecule is COc1ccc(C)cc1-c1csc(NC(=O)Cn2ccc3cc([N+](=O)[O-])ccc32)n1. The molecular weight excluding hydrogens is 404 g/mol.